The third-order valence-electron chi connectivity index (χ3n) is 2.82. The fourth-order valence-electron chi connectivity index (χ4n) is 1.92. The minimum atomic E-state index is 0.689. The lowest BCUT2D eigenvalue weighted by Crippen LogP contribution is -1.82. The van der Waals surface area contributed by atoms with E-state index in [-0.39, 0.29) is 0 Å². The van der Waals surface area contributed by atoms with Gasteiger partial charge in [0, 0.05) is 10.0 Å². The van der Waals surface area contributed by atoms with E-state index < -0.39 is 0 Å². The maximum Gasteiger partial charge on any atom is 0.140 e. The standard InChI is InChI=1S/C14H10BrClN2/c1-8-2-5-12-13(6-8)18-14(17-12)10-7-9(15)3-4-11(10)16/h2-7H,1H3,(H,17,18). The second-order valence-electron chi connectivity index (χ2n) is 4.23. The summed E-state index contributed by atoms with van der Waals surface area (Å²) < 4.78 is 0.985. The summed E-state index contributed by atoms with van der Waals surface area (Å²) >= 11 is 9.66. The molecule has 0 saturated carbocycles. The summed E-state index contributed by atoms with van der Waals surface area (Å²) in [6, 6.07) is 11.9. The van der Waals surface area contributed by atoms with Gasteiger partial charge in [0.05, 0.1) is 16.1 Å². The average molecular weight is 322 g/mol. The van der Waals surface area contributed by atoms with Crippen LogP contribution in [0.25, 0.3) is 22.4 Å². The largest absolute Gasteiger partial charge is 0.338 e. The van der Waals surface area contributed by atoms with Crippen molar-refractivity contribution in [3.05, 3.63) is 51.5 Å². The van der Waals surface area contributed by atoms with Crippen molar-refractivity contribution >= 4 is 38.6 Å². The van der Waals surface area contributed by atoms with Crippen LogP contribution in [-0.4, -0.2) is 9.97 Å². The molecule has 3 aromatic rings. The first-order valence-electron chi connectivity index (χ1n) is 5.55. The summed E-state index contributed by atoms with van der Waals surface area (Å²) in [6.07, 6.45) is 0. The van der Waals surface area contributed by atoms with Crippen molar-refractivity contribution in [1.29, 1.82) is 0 Å². The van der Waals surface area contributed by atoms with E-state index in [0.717, 1.165) is 26.9 Å². The number of rotatable bonds is 1. The number of aromatic nitrogens is 2. The van der Waals surface area contributed by atoms with Gasteiger partial charge < -0.3 is 4.98 Å². The molecule has 0 aliphatic heterocycles. The van der Waals surface area contributed by atoms with Gasteiger partial charge in [-0.05, 0) is 42.8 Å². The zero-order chi connectivity index (χ0) is 12.7. The van der Waals surface area contributed by atoms with Crippen LogP contribution in [0.4, 0.5) is 0 Å². The fourth-order valence-corrected chi connectivity index (χ4v) is 2.49. The van der Waals surface area contributed by atoms with Gasteiger partial charge in [0.15, 0.2) is 0 Å². The molecule has 0 unspecified atom stereocenters. The molecule has 0 fully saturated rings. The Hall–Kier alpha value is -1.32. The van der Waals surface area contributed by atoms with E-state index in [1.165, 1.54) is 5.56 Å². The SMILES string of the molecule is Cc1ccc2[nH]c(-c3cc(Br)ccc3Cl)nc2c1. The first-order valence-corrected chi connectivity index (χ1v) is 6.72. The molecule has 0 saturated heterocycles. The zero-order valence-electron chi connectivity index (χ0n) is 9.67. The third kappa shape index (κ3) is 2.04. The molecule has 0 bridgehead atoms. The van der Waals surface area contributed by atoms with E-state index >= 15 is 0 Å². The predicted molar refractivity (Wildman–Crippen MR) is 79.0 cm³/mol. The quantitative estimate of drug-likeness (QED) is 0.674. The molecule has 0 radical (unpaired) electrons. The molecule has 3 rings (SSSR count). The lowest BCUT2D eigenvalue weighted by atomic mass is 10.2. The lowest BCUT2D eigenvalue weighted by molar-refractivity contribution is 1.33. The molecule has 90 valence electrons. The summed E-state index contributed by atoms with van der Waals surface area (Å²) in [5.41, 5.74) is 4.08. The van der Waals surface area contributed by atoms with E-state index in [1.807, 2.05) is 24.3 Å². The van der Waals surface area contributed by atoms with E-state index in [2.05, 4.69) is 45.0 Å². The number of nitrogens with zero attached hydrogens (tertiary/aromatic N) is 1. The van der Waals surface area contributed by atoms with E-state index in [4.69, 9.17) is 11.6 Å². The number of hydrogen-bond donors (Lipinski definition) is 1. The summed E-state index contributed by atoms with van der Waals surface area (Å²) in [5, 5.41) is 0.689. The van der Waals surface area contributed by atoms with Crippen LogP contribution >= 0.6 is 27.5 Å². The molecule has 0 amide bonds. The van der Waals surface area contributed by atoms with Crippen molar-refractivity contribution < 1.29 is 0 Å². The van der Waals surface area contributed by atoms with Crippen LogP contribution in [0.1, 0.15) is 5.56 Å². The maximum absolute atomic E-state index is 6.21. The molecule has 0 aliphatic carbocycles. The second kappa shape index (κ2) is 4.41. The molecule has 2 aromatic carbocycles. The molecular weight excluding hydrogens is 312 g/mol. The normalized spacial score (nSPS) is 11.1. The molecule has 0 atom stereocenters. The van der Waals surface area contributed by atoms with Gasteiger partial charge in [-0.2, -0.15) is 0 Å². The van der Waals surface area contributed by atoms with Gasteiger partial charge in [0.1, 0.15) is 5.82 Å². The van der Waals surface area contributed by atoms with Gasteiger partial charge in [-0.25, -0.2) is 4.98 Å². The fraction of sp³-hybridized carbons (Fsp3) is 0.0714. The highest BCUT2D eigenvalue weighted by Crippen LogP contribution is 2.30. The van der Waals surface area contributed by atoms with Crippen molar-refractivity contribution in [2.75, 3.05) is 0 Å². The number of H-pyrrole nitrogens is 1. The third-order valence-corrected chi connectivity index (χ3v) is 3.64. The Kier molecular flexibility index (Phi) is 2.88. The Morgan fingerprint density at radius 2 is 2.00 bits per heavy atom. The highest BCUT2D eigenvalue weighted by Gasteiger charge is 2.09. The van der Waals surface area contributed by atoms with E-state index in [1.54, 1.807) is 0 Å². The van der Waals surface area contributed by atoms with Crippen LogP contribution in [0, 0.1) is 6.92 Å². The topological polar surface area (TPSA) is 28.7 Å². The number of fused-ring (bicyclic) bond motifs is 1. The Balaban J connectivity index is 2.22. The van der Waals surface area contributed by atoms with Gasteiger partial charge >= 0.3 is 0 Å². The van der Waals surface area contributed by atoms with Crippen LogP contribution in [-0.2, 0) is 0 Å². The molecule has 1 heterocycles. The average Bonchev–Trinajstić information content (AvgIpc) is 2.74. The van der Waals surface area contributed by atoms with Crippen molar-refractivity contribution in [2.45, 2.75) is 6.92 Å². The number of aromatic amines is 1. The number of halogens is 2. The lowest BCUT2D eigenvalue weighted by Gasteiger charge is -2.00. The predicted octanol–water partition coefficient (Wildman–Crippen LogP) is 4.95. The van der Waals surface area contributed by atoms with Gasteiger partial charge in [-0.3, -0.25) is 0 Å². The van der Waals surface area contributed by atoms with Crippen LogP contribution in [0.15, 0.2) is 40.9 Å². The van der Waals surface area contributed by atoms with Crippen molar-refractivity contribution in [3.63, 3.8) is 0 Å². The number of hydrogen-bond acceptors (Lipinski definition) is 1. The summed E-state index contributed by atoms with van der Waals surface area (Å²) in [5.74, 6) is 0.793. The molecule has 1 aromatic heterocycles. The summed E-state index contributed by atoms with van der Waals surface area (Å²) in [4.78, 5) is 7.88. The van der Waals surface area contributed by atoms with Gasteiger partial charge in [-0.1, -0.05) is 33.6 Å². The highest BCUT2D eigenvalue weighted by molar-refractivity contribution is 9.10. The molecule has 0 spiro atoms. The van der Waals surface area contributed by atoms with E-state index in [0.29, 0.717) is 5.02 Å². The van der Waals surface area contributed by atoms with Crippen molar-refractivity contribution in [2.24, 2.45) is 0 Å². The number of nitrogens with one attached hydrogen (secondary N) is 1. The first kappa shape index (κ1) is 11.8. The highest BCUT2D eigenvalue weighted by atomic mass is 79.9. The molecule has 1 N–H and O–H groups in total. The van der Waals surface area contributed by atoms with Gasteiger partial charge in [0.2, 0.25) is 0 Å². The Morgan fingerprint density at radius 3 is 2.83 bits per heavy atom. The Labute approximate surface area is 118 Å². The van der Waals surface area contributed by atoms with E-state index in [9.17, 15) is 0 Å². The molecule has 18 heavy (non-hydrogen) atoms. The number of benzene rings is 2. The Bertz CT molecular complexity index is 734. The van der Waals surface area contributed by atoms with Crippen LogP contribution in [0.2, 0.25) is 5.02 Å². The molecule has 0 aliphatic rings. The van der Waals surface area contributed by atoms with Crippen molar-refractivity contribution in [1.82, 2.24) is 9.97 Å². The second-order valence-corrected chi connectivity index (χ2v) is 5.55. The van der Waals surface area contributed by atoms with Gasteiger partial charge in [0.25, 0.3) is 0 Å². The minimum absolute atomic E-state index is 0.689. The molecular formula is C14H10BrClN2. The maximum atomic E-state index is 6.21. The van der Waals surface area contributed by atoms with Crippen LogP contribution in [0.5, 0.6) is 0 Å². The molecule has 2 nitrogen and oxygen atoms in total. The van der Waals surface area contributed by atoms with Crippen LogP contribution in [0.3, 0.4) is 0 Å². The van der Waals surface area contributed by atoms with Gasteiger partial charge in [-0.15, -0.1) is 0 Å². The Morgan fingerprint density at radius 1 is 1.17 bits per heavy atom. The minimum Gasteiger partial charge on any atom is -0.338 e. The summed E-state index contributed by atoms with van der Waals surface area (Å²) in [6.45, 7) is 2.06. The number of aryl methyl sites for hydroxylation is 1. The van der Waals surface area contributed by atoms with Crippen molar-refractivity contribution in [3.8, 4) is 11.4 Å². The molecule has 4 heteroatoms. The smallest absolute Gasteiger partial charge is 0.140 e. The zero-order valence-corrected chi connectivity index (χ0v) is 12.0. The van der Waals surface area contributed by atoms with Crippen LogP contribution < -0.4 is 0 Å². The number of imidazole rings is 1. The monoisotopic (exact) mass is 320 g/mol. The first-order chi connectivity index (χ1) is 8.63. The summed E-state index contributed by atoms with van der Waals surface area (Å²) in [7, 11) is 0.